The van der Waals surface area contributed by atoms with E-state index < -0.39 is 6.10 Å². The van der Waals surface area contributed by atoms with Gasteiger partial charge in [0.05, 0.1) is 5.56 Å². The number of ether oxygens (including phenoxy) is 1. The first kappa shape index (κ1) is 28.6. The molecule has 0 bridgehead atoms. The SMILES string of the molecule is Cl.O=C(CCc1ccc(F)cc1)c1ccccc1OCC(O)CN(C1CCCCC1)C1CCCCC1. The molecule has 2 saturated carbocycles. The van der Waals surface area contributed by atoms with Crippen LogP contribution in [0.25, 0.3) is 0 Å². The summed E-state index contributed by atoms with van der Waals surface area (Å²) < 4.78 is 19.2. The largest absolute Gasteiger partial charge is 0.490 e. The summed E-state index contributed by atoms with van der Waals surface area (Å²) in [4.78, 5) is 15.5. The second-order valence-corrected chi connectivity index (χ2v) is 10.3. The Morgan fingerprint density at radius 3 is 2.11 bits per heavy atom. The molecule has 1 N–H and O–H groups in total. The van der Waals surface area contributed by atoms with E-state index in [2.05, 4.69) is 4.90 Å². The molecule has 198 valence electrons. The molecule has 0 saturated heterocycles. The number of hydrogen-bond donors (Lipinski definition) is 1. The molecule has 4 nitrogen and oxygen atoms in total. The lowest BCUT2D eigenvalue weighted by atomic mass is 9.88. The number of rotatable bonds is 11. The minimum Gasteiger partial charge on any atom is -0.490 e. The topological polar surface area (TPSA) is 49.8 Å². The van der Waals surface area contributed by atoms with Gasteiger partial charge in [-0.3, -0.25) is 9.69 Å². The van der Waals surface area contributed by atoms with Crippen LogP contribution in [0.1, 0.15) is 86.6 Å². The monoisotopic (exact) mass is 517 g/mol. The van der Waals surface area contributed by atoms with Gasteiger partial charge in [-0.05, 0) is 61.9 Å². The van der Waals surface area contributed by atoms with Gasteiger partial charge in [-0.2, -0.15) is 0 Å². The standard InChI is InChI=1S/C30H40FNO3.ClH/c31-24-18-15-23(16-19-24)17-20-29(34)28-13-7-8-14-30(28)35-22-27(33)21-32(25-9-3-1-4-10-25)26-11-5-2-6-12-26;/h7-8,13-16,18-19,25-27,33H,1-6,9-12,17,20-22H2;1H. The average molecular weight is 518 g/mol. The molecule has 2 aromatic carbocycles. The molecule has 0 aliphatic heterocycles. The number of aliphatic hydroxyl groups is 1. The first-order valence-electron chi connectivity index (χ1n) is 13.5. The highest BCUT2D eigenvalue weighted by atomic mass is 35.5. The molecule has 4 rings (SSSR count). The predicted octanol–water partition coefficient (Wildman–Crippen LogP) is 6.77. The summed E-state index contributed by atoms with van der Waals surface area (Å²) in [6.45, 7) is 0.814. The molecular formula is C30H41ClFNO3. The van der Waals surface area contributed by atoms with E-state index in [1.807, 2.05) is 12.1 Å². The lowest BCUT2D eigenvalue weighted by molar-refractivity contribution is 0.0116. The number of aliphatic hydroxyl groups excluding tert-OH is 1. The molecule has 2 aliphatic carbocycles. The zero-order valence-electron chi connectivity index (χ0n) is 21.2. The Morgan fingerprint density at radius 1 is 0.917 bits per heavy atom. The van der Waals surface area contributed by atoms with Crippen LogP contribution in [-0.2, 0) is 6.42 Å². The number of halogens is 2. The number of carbonyl (C=O) groups excluding carboxylic acids is 1. The first-order valence-corrected chi connectivity index (χ1v) is 13.5. The highest BCUT2D eigenvalue weighted by Crippen LogP contribution is 2.30. The summed E-state index contributed by atoms with van der Waals surface area (Å²) in [5, 5.41) is 11.0. The van der Waals surface area contributed by atoms with Crippen LogP contribution in [0.4, 0.5) is 4.39 Å². The van der Waals surface area contributed by atoms with E-state index in [0.717, 1.165) is 5.56 Å². The Bertz CT molecular complexity index is 908. The second kappa shape index (κ2) is 14.7. The molecule has 36 heavy (non-hydrogen) atoms. The van der Waals surface area contributed by atoms with Crippen LogP contribution in [0, 0.1) is 5.82 Å². The minimum atomic E-state index is -0.596. The summed E-state index contributed by atoms with van der Waals surface area (Å²) >= 11 is 0. The van der Waals surface area contributed by atoms with Crippen molar-refractivity contribution >= 4 is 18.2 Å². The third-order valence-electron chi connectivity index (χ3n) is 7.68. The second-order valence-electron chi connectivity index (χ2n) is 10.3. The maximum atomic E-state index is 13.1. The van der Waals surface area contributed by atoms with E-state index >= 15 is 0 Å². The molecule has 0 aromatic heterocycles. The molecular weight excluding hydrogens is 477 g/mol. The number of aryl methyl sites for hydroxylation is 1. The van der Waals surface area contributed by atoms with Crippen molar-refractivity contribution in [2.75, 3.05) is 13.2 Å². The van der Waals surface area contributed by atoms with Crippen molar-refractivity contribution in [3.8, 4) is 5.75 Å². The average Bonchev–Trinajstić information content (AvgIpc) is 2.91. The number of ketones is 1. The van der Waals surface area contributed by atoms with E-state index in [1.54, 1.807) is 24.3 Å². The van der Waals surface area contributed by atoms with Crippen molar-refractivity contribution in [2.45, 2.75) is 95.2 Å². The van der Waals surface area contributed by atoms with E-state index in [1.165, 1.54) is 76.3 Å². The van der Waals surface area contributed by atoms with Crippen LogP contribution in [0.3, 0.4) is 0 Å². The number of para-hydroxylation sites is 1. The Kier molecular flexibility index (Phi) is 11.7. The van der Waals surface area contributed by atoms with Gasteiger partial charge < -0.3 is 9.84 Å². The van der Waals surface area contributed by atoms with Gasteiger partial charge >= 0.3 is 0 Å². The van der Waals surface area contributed by atoms with Crippen LogP contribution in [0.5, 0.6) is 5.75 Å². The molecule has 1 atom stereocenters. The Labute approximate surface area is 221 Å². The predicted molar refractivity (Wildman–Crippen MR) is 145 cm³/mol. The normalized spacial score (nSPS) is 18.0. The summed E-state index contributed by atoms with van der Waals surface area (Å²) in [6, 6.07) is 14.7. The summed E-state index contributed by atoms with van der Waals surface area (Å²) in [5.74, 6) is 0.242. The van der Waals surface area contributed by atoms with Gasteiger partial charge in [0.25, 0.3) is 0 Å². The van der Waals surface area contributed by atoms with E-state index in [9.17, 15) is 14.3 Å². The van der Waals surface area contributed by atoms with Crippen molar-refractivity contribution in [1.82, 2.24) is 4.90 Å². The summed E-state index contributed by atoms with van der Waals surface area (Å²) in [7, 11) is 0. The van der Waals surface area contributed by atoms with E-state index in [4.69, 9.17) is 4.74 Å². The van der Waals surface area contributed by atoms with E-state index in [-0.39, 0.29) is 30.6 Å². The third kappa shape index (κ3) is 8.29. The van der Waals surface area contributed by atoms with Crippen LogP contribution in [0.2, 0.25) is 0 Å². The molecule has 2 aromatic rings. The molecule has 0 heterocycles. The van der Waals surface area contributed by atoms with Gasteiger partial charge in [0.15, 0.2) is 5.78 Å². The van der Waals surface area contributed by atoms with Gasteiger partial charge in [-0.25, -0.2) is 4.39 Å². The maximum Gasteiger partial charge on any atom is 0.166 e. The maximum absolute atomic E-state index is 13.1. The van der Waals surface area contributed by atoms with Crippen molar-refractivity contribution in [3.05, 3.63) is 65.5 Å². The zero-order valence-corrected chi connectivity index (χ0v) is 22.1. The molecule has 0 amide bonds. The summed E-state index contributed by atoms with van der Waals surface area (Å²) in [5.41, 5.74) is 1.47. The van der Waals surface area contributed by atoms with Crippen LogP contribution < -0.4 is 4.74 Å². The fraction of sp³-hybridized carbons (Fsp3) is 0.567. The quantitative estimate of drug-likeness (QED) is 0.334. The first-order chi connectivity index (χ1) is 17.1. The van der Waals surface area contributed by atoms with Crippen LogP contribution in [-0.4, -0.2) is 47.1 Å². The number of hydrogen-bond acceptors (Lipinski definition) is 4. The van der Waals surface area contributed by atoms with Crippen molar-refractivity contribution < 1.29 is 19.0 Å². The lowest BCUT2D eigenvalue weighted by Gasteiger charge is -2.42. The van der Waals surface area contributed by atoms with Crippen molar-refractivity contribution in [1.29, 1.82) is 0 Å². The van der Waals surface area contributed by atoms with Crippen molar-refractivity contribution in [2.24, 2.45) is 0 Å². The van der Waals surface area contributed by atoms with Gasteiger partial charge in [-0.1, -0.05) is 62.8 Å². The highest BCUT2D eigenvalue weighted by Gasteiger charge is 2.30. The zero-order chi connectivity index (χ0) is 24.5. The Morgan fingerprint density at radius 2 is 1.50 bits per heavy atom. The summed E-state index contributed by atoms with van der Waals surface area (Å²) in [6.07, 6.45) is 13.0. The molecule has 0 spiro atoms. The van der Waals surface area contributed by atoms with Gasteiger partial charge in [0.1, 0.15) is 24.3 Å². The van der Waals surface area contributed by atoms with Gasteiger partial charge in [0.2, 0.25) is 0 Å². The van der Waals surface area contributed by atoms with Crippen molar-refractivity contribution in [3.63, 3.8) is 0 Å². The van der Waals surface area contributed by atoms with Gasteiger partial charge in [-0.15, -0.1) is 12.4 Å². The molecule has 6 heteroatoms. The number of carbonyl (C=O) groups is 1. The Hall–Kier alpha value is -1.95. The fourth-order valence-corrected chi connectivity index (χ4v) is 5.77. The molecule has 2 aliphatic rings. The Balaban J connectivity index is 0.00000361. The van der Waals surface area contributed by atoms with E-state index in [0.29, 0.717) is 42.8 Å². The molecule has 2 fully saturated rings. The minimum absolute atomic E-state index is 0. The smallest absolute Gasteiger partial charge is 0.166 e. The fourth-order valence-electron chi connectivity index (χ4n) is 5.77. The van der Waals surface area contributed by atoms with Crippen LogP contribution >= 0.6 is 12.4 Å². The molecule has 0 radical (unpaired) electrons. The number of Topliss-reactive ketones (excluding diaryl/α,β-unsaturated/α-hetero) is 1. The molecule has 1 unspecified atom stereocenters. The lowest BCUT2D eigenvalue weighted by Crippen LogP contribution is -2.49. The van der Waals surface area contributed by atoms with Crippen LogP contribution in [0.15, 0.2) is 48.5 Å². The third-order valence-corrected chi connectivity index (χ3v) is 7.68. The number of nitrogens with zero attached hydrogens (tertiary/aromatic N) is 1. The highest BCUT2D eigenvalue weighted by molar-refractivity contribution is 5.98. The number of benzene rings is 2. The van der Waals surface area contributed by atoms with Gasteiger partial charge in [0, 0.05) is 25.0 Å².